The van der Waals surface area contributed by atoms with Gasteiger partial charge in [-0.3, -0.25) is 19.9 Å². The molecule has 13 heterocycles. The summed E-state index contributed by atoms with van der Waals surface area (Å²) in [6.45, 7) is 91.0. The Labute approximate surface area is 820 Å². The van der Waals surface area contributed by atoms with E-state index in [4.69, 9.17) is 0 Å². The molecule has 3 N–H and O–H groups in total. The number of thiazole rings is 1. The first kappa shape index (κ1) is 152. The van der Waals surface area contributed by atoms with E-state index < -0.39 is 0 Å². The van der Waals surface area contributed by atoms with Crippen LogP contribution >= 0.6 is 34.0 Å². The van der Waals surface area contributed by atoms with Crippen molar-refractivity contribution in [3.05, 3.63) is 340 Å². The van der Waals surface area contributed by atoms with Crippen LogP contribution in [-0.4, -0.2) is 65.0 Å². The van der Waals surface area contributed by atoms with Crippen molar-refractivity contribution in [1.82, 2.24) is 65.0 Å². The molecule has 0 fully saturated rings. The predicted molar refractivity (Wildman–Crippen MR) is 589 cm³/mol. The molecule has 0 radical (unpaired) electrons. The lowest BCUT2D eigenvalue weighted by atomic mass is 10.3. The van der Waals surface area contributed by atoms with Gasteiger partial charge in [-0.25, -0.2) is 19.9 Å². The number of thiophene rings is 2. The third kappa shape index (κ3) is 395. The molecule has 14 rings (SSSR count). The van der Waals surface area contributed by atoms with Crippen LogP contribution in [0.1, 0.15) is 291 Å². The highest BCUT2D eigenvalue weighted by molar-refractivity contribution is 7.08. The van der Waals surface area contributed by atoms with Crippen molar-refractivity contribution in [2.24, 2.45) is 82.9 Å². The van der Waals surface area contributed by atoms with E-state index >= 15 is 0 Å². The molecule has 0 atom stereocenters. The van der Waals surface area contributed by atoms with E-state index in [1.165, 1.54) is 19.0 Å². The van der Waals surface area contributed by atoms with Crippen LogP contribution in [0.3, 0.4) is 0 Å². The van der Waals surface area contributed by atoms with Crippen LogP contribution in [0.15, 0.2) is 353 Å². The summed E-state index contributed by atoms with van der Waals surface area (Å²) in [5.74, 6) is 11.7. The summed E-state index contributed by atoms with van der Waals surface area (Å²) in [5, 5.41) is 17.2. The van der Waals surface area contributed by atoms with Gasteiger partial charge in [0, 0.05) is 111 Å². The maximum absolute atomic E-state index is 4.58. The van der Waals surface area contributed by atoms with E-state index in [2.05, 4.69) is 369 Å². The molecular formula is C112H199N13O3S3. The first-order valence-corrected chi connectivity index (χ1v) is 49.2. The average molecular weight is 1870 g/mol. The summed E-state index contributed by atoms with van der Waals surface area (Å²) in [6.07, 6.45) is 43.5. The normalized spacial score (nSPS) is 8.43. The number of nitrogens with zero attached hydrogens (tertiary/aromatic N) is 10. The molecule has 748 valence electrons. The number of oxazole rings is 1. The monoisotopic (exact) mass is 1870 g/mol. The molecule has 0 saturated heterocycles. The van der Waals surface area contributed by atoms with Crippen molar-refractivity contribution < 1.29 is 13.3 Å². The molecule has 1 aromatic carbocycles. The maximum atomic E-state index is 4.58. The third-order valence-electron chi connectivity index (χ3n) is 6.47. The molecule has 0 amide bonds. The van der Waals surface area contributed by atoms with Gasteiger partial charge in [-0.2, -0.15) is 32.9 Å². The highest BCUT2D eigenvalue weighted by Gasteiger charge is 1.76. The van der Waals surface area contributed by atoms with Crippen molar-refractivity contribution in [3.63, 3.8) is 0 Å². The number of aromatic nitrogens is 13. The lowest BCUT2D eigenvalue weighted by molar-refractivity contribution is 0.558. The molecular weight excluding hydrogens is 1670 g/mol. The van der Waals surface area contributed by atoms with Gasteiger partial charge < -0.3 is 28.2 Å². The zero-order valence-corrected chi connectivity index (χ0v) is 93.3. The van der Waals surface area contributed by atoms with Crippen molar-refractivity contribution in [3.8, 4) is 0 Å². The number of H-pyrrole nitrogens is 3. The Morgan fingerprint density at radius 2 is 0.435 bits per heavy atom. The van der Waals surface area contributed by atoms with Gasteiger partial charge in [-0.05, 0) is 183 Å². The van der Waals surface area contributed by atoms with Gasteiger partial charge in [0.15, 0.2) is 6.39 Å². The number of nitrogens with one attached hydrogen (secondary N) is 3. The van der Waals surface area contributed by atoms with Crippen LogP contribution < -0.4 is 0 Å². The summed E-state index contributed by atoms with van der Waals surface area (Å²) in [7, 11) is 0. The fourth-order valence-corrected chi connectivity index (χ4v) is 4.75. The molecule has 14 aromatic rings. The number of benzene rings is 1. The second kappa shape index (κ2) is 149. The Morgan fingerprint density at radius 1 is 0.176 bits per heavy atom. The number of hydrogen-bond donors (Lipinski definition) is 3. The predicted octanol–water partition coefficient (Wildman–Crippen LogP) is 37.8. The van der Waals surface area contributed by atoms with Crippen LogP contribution in [0.4, 0.5) is 0 Å². The average Bonchev–Trinajstić information content (AvgIpc) is 2.07. The molecule has 0 bridgehead atoms. The van der Waals surface area contributed by atoms with Crippen molar-refractivity contribution in [2.75, 3.05) is 0 Å². The summed E-state index contributed by atoms with van der Waals surface area (Å²) in [6, 6.07) is 46.3. The zero-order valence-electron chi connectivity index (χ0n) is 90.8. The van der Waals surface area contributed by atoms with Crippen molar-refractivity contribution in [1.29, 1.82) is 0 Å². The van der Waals surface area contributed by atoms with Crippen LogP contribution in [0.2, 0.25) is 0 Å². The minimum absolute atomic E-state index is 0.833. The standard InChI is InChI=1S/C6H6.C5H5N.3C4H4N2.2C4H5N.2C4H4O.2C4H4S.14C4H10.C3H4N2.C3H3NO.C3H3NS/c2*1-2-4-6-5-3-1;1-2-6-4-3-5-1;1-2-5-4-6-3-1;1-2-4-6-5-3-1;6*1-2-4-5-3-1;14*1-4(2)3;3*1-2-5-3-4-1/h1-6H;1-5H;3*1-4H;2*1-5H;4*1-4H;14*4H,1-3H3;1-3H,(H,4,5);2*1-3H. The number of aromatic amines is 3. The quantitative estimate of drug-likeness (QED) is 0.129. The van der Waals surface area contributed by atoms with Gasteiger partial charge in [0.2, 0.25) is 0 Å². The highest BCUT2D eigenvalue weighted by atomic mass is 32.1. The van der Waals surface area contributed by atoms with Crippen LogP contribution in [-0.2, 0) is 0 Å². The lowest BCUT2D eigenvalue weighted by Gasteiger charge is -1.79. The fraction of sp³-hybridized carbons (Fsp3) is 0.500. The van der Waals surface area contributed by atoms with Crippen molar-refractivity contribution >= 4 is 34.0 Å². The number of rotatable bonds is 0. The smallest absolute Gasteiger partial charge is 0.180 e. The van der Waals surface area contributed by atoms with E-state index in [9.17, 15) is 0 Å². The van der Waals surface area contributed by atoms with Gasteiger partial charge in [0.1, 0.15) is 12.6 Å². The number of imidazole rings is 1. The molecule has 0 aliphatic carbocycles. The third-order valence-corrected chi connectivity index (χ3v) is 8.24. The number of pyridine rings is 1. The Hall–Kier alpha value is -9.82. The minimum Gasteiger partial charge on any atom is -0.473 e. The topological polar surface area (TPSA) is 216 Å². The van der Waals surface area contributed by atoms with E-state index in [1.807, 2.05) is 191 Å². The second-order valence-corrected chi connectivity index (χ2v) is 38.6. The fourth-order valence-electron chi connectivity index (χ4n) is 3.49. The first-order chi connectivity index (χ1) is 61.7. The Morgan fingerprint density at radius 3 is 0.519 bits per heavy atom. The second-order valence-electron chi connectivity index (χ2n) is 36.2. The summed E-state index contributed by atoms with van der Waals surface area (Å²) in [4.78, 5) is 38.0. The van der Waals surface area contributed by atoms with E-state index in [0.717, 1.165) is 82.9 Å². The molecule has 19 heteroatoms. The van der Waals surface area contributed by atoms with E-state index in [1.54, 1.807) is 164 Å². The number of hydrogen-bond acceptors (Lipinski definition) is 16. The Bertz CT molecular complexity index is 2460. The first-order valence-electron chi connectivity index (χ1n) is 46.3. The molecule has 0 aliphatic heterocycles. The van der Waals surface area contributed by atoms with Gasteiger partial charge in [-0.15, -0.1) is 11.3 Å². The van der Waals surface area contributed by atoms with Gasteiger partial charge in [-0.1, -0.05) is 358 Å². The SMILES string of the molecule is CC(C)C.CC(C)C.CC(C)C.CC(C)C.CC(C)C.CC(C)C.CC(C)C.CC(C)C.CC(C)C.CC(C)C.CC(C)C.CC(C)C.CC(C)C.CC(C)C.c1c[nH]cn1.c1cc[nH]c1.c1cc[nH]c1.c1ccccc1.c1ccncc1.c1ccnnc1.c1ccoc1.c1ccoc1.c1ccsc1.c1ccsc1.c1cnccn1.c1cncnc1.c1cocn1.c1cscn1. The van der Waals surface area contributed by atoms with E-state index in [-0.39, 0.29) is 0 Å². The Kier molecular flexibility index (Phi) is 173. The molecule has 0 aliphatic rings. The lowest BCUT2D eigenvalue weighted by Crippen LogP contribution is -1.69. The van der Waals surface area contributed by atoms with Crippen LogP contribution in [0.25, 0.3) is 0 Å². The van der Waals surface area contributed by atoms with Gasteiger partial charge in [0.05, 0.1) is 43.1 Å². The Balaban J connectivity index is -0.0000000905. The molecule has 16 nitrogen and oxygen atoms in total. The molecule has 0 saturated carbocycles. The maximum Gasteiger partial charge on any atom is 0.180 e. The highest BCUT2D eigenvalue weighted by Crippen LogP contribution is 1.94. The van der Waals surface area contributed by atoms with Crippen LogP contribution in [0.5, 0.6) is 0 Å². The minimum atomic E-state index is 0.833. The zero-order chi connectivity index (χ0) is 103. The summed E-state index contributed by atoms with van der Waals surface area (Å²) < 4.78 is 13.6. The molecule has 13 aromatic heterocycles. The largest absolute Gasteiger partial charge is 0.473 e. The molecule has 0 unspecified atom stereocenters. The van der Waals surface area contributed by atoms with Gasteiger partial charge in [0.25, 0.3) is 0 Å². The number of furan rings is 2. The molecule has 131 heavy (non-hydrogen) atoms. The van der Waals surface area contributed by atoms with Crippen molar-refractivity contribution in [2.45, 2.75) is 291 Å². The summed E-state index contributed by atoms with van der Waals surface area (Å²) >= 11 is 5.03. The van der Waals surface area contributed by atoms with E-state index in [0.29, 0.717) is 0 Å². The van der Waals surface area contributed by atoms with Crippen LogP contribution in [0, 0.1) is 82.9 Å². The molecule has 0 spiro atoms. The van der Waals surface area contributed by atoms with Gasteiger partial charge >= 0.3 is 0 Å². The summed E-state index contributed by atoms with van der Waals surface area (Å²) in [5.41, 5.74) is 1.79.